The summed E-state index contributed by atoms with van der Waals surface area (Å²) < 4.78 is 0. The van der Waals surface area contributed by atoms with Gasteiger partial charge in [-0.3, -0.25) is 4.90 Å². The highest BCUT2D eigenvalue weighted by atomic mass is 35.5. The zero-order valence-corrected chi connectivity index (χ0v) is 13.8. The largest absolute Gasteiger partial charge is 0.383 e. The van der Waals surface area contributed by atoms with E-state index in [0.717, 1.165) is 28.8 Å². The van der Waals surface area contributed by atoms with Gasteiger partial charge in [-0.1, -0.05) is 47.5 Å². The molecule has 0 heterocycles. The lowest BCUT2D eigenvalue weighted by atomic mass is 10.1. The highest BCUT2D eigenvalue weighted by Gasteiger charge is 2.11. The van der Waals surface area contributed by atoms with Crippen molar-refractivity contribution in [3.8, 4) is 0 Å². The Bertz CT molecular complexity index is 569. The van der Waals surface area contributed by atoms with Crippen LogP contribution in [0.1, 0.15) is 18.5 Å². The fraction of sp³-hybridized carbons (Fsp3) is 0.294. The fourth-order valence-corrected chi connectivity index (χ4v) is 2.49. The molecule has 0 aliphatic heterocycles. The smallest absolute Gasteiger partial charge is 0.0637 e. The second-order valence-electron chi connectivity index (χ2n) is 5.11. The summed E-state index contributed by atoms with van der Waals surface area (Å²) in [6.07, 6.45) is 0. The molecule has 1 N–H and O–H groups in total. The summed E-state index contributed by atoms with van der Waals surface area (Å²) >= 11 is 12.1. The molecule has 0 bridgehead atoms. The first-order chi connectivity index (χ1) is 10.1. The van der Waals surface area contributed by atoms with Gasteiger partial charge in [0.05, 0.1) is 10.7 Å². The topological polar surface area (TPSA) is 15.3 Å². The van der Waals surface area contributed by atoms with Crippen molar-refractivity contribution >= 4 is 28.9 Å². The molecule has 0 saturated heterocycles. The van der Waals surface area contributed by atoms with E-state index in [1.54, 1.807) is 0 Å². The minimum Gasteiger partial charge on any atom is -0.383 e. The van der Waals surface area contributed by atoms with Gasteiger partial charge in [-0.15, -0.1) is 0 Å². The predicted molar refractivity (Wildman–Crippen MR) is 92.4 cm³/mol. The van der Waals surface area contributed by atoms with Crippen molar-refractivity contribution in [1.29, 1.82) is 0 Å². The third-order valence-corrected chi connectivity index (χ3v) is 4.25. The van der Waals surface area contributed by atoms with Gasteiger partial charge in [0.2, 0.25) is 0 Å². The van der Waals surface area contributed by atoms with Crippen molar-refractivity contribution in [2.45, 2.75) is 13.0 Å². The Morgan fingerprint density at radius 1 is 1.05 bits per heavy atom. The second-order valence-corrected chi connectivity index (χ2v) is 5.96. The van der Waals surface area contributed by atoms with Crippen LogP contribution in [0.15, 0.2) is 48.5 Å². The van der Waals surface area contributed by atoms with Crippen molar-refractivity contribution in [2.24, 2.45) is 0 Å². The lowest BCUT2D eigenvalue weighted by molar-refractivity contribution is 0.271. The molecule has 2 rings (SSSR count). The van der Waals surface area contributed by atoms with E-state index in [0.29, 0.717) is 6.04 Å². The van der Waals surface area contributed by atoms with E-state index in [-0.39, 0.29) is 0 Å². The lowest BCUT2D eigenvalue weighted by Gasteiger charge is -2.25. The van der Waals surface area contributed by atoms with E-state index in [9.17, 15) is 0 Å². The summed E-state index contributed by atoms with van der Waals surface area (Å²) in [7, 11) is 2.12. The van der Waals surface area contributed by atoms with Gasteiger partial charge >= 0.3 is 0 Å². The number of para-hydroxylation sites is 1. The minimum atomic E-state index is 0.343. The summed E-state index contributed by atoms with van der Waals surface area (Å²) in [5.74, 6) is 0. The molecule has 0 aliphatic carbocycles. The normalized spacial score (nSPS) is 12.4. The van der Waals surface area contributed by atoms with Gasteiger partial charge in [0.25, 0.3) is 0 Å². The maximum absolute atomic E-state index is 6.12. The van der Waals surface area contributed by atoms with Crippen LogP contribution in [0, 0.1) is 0 Å². The molecular formula is C17H20Cl2N2. The van der Waals surface area contributed by atoms with Crippen molar-refractivity contribution in [3.63, 3.8) is 0 Å². The monoisotopic (exact) mass is 322 g/mol. The maximum Gasteiger partial charge on any atom is 0.0637 e. The average Bonchev–Trinajstić information content (AvgIpc) is 2.49. The average molecular weight is 323 g/mol. The molecule has 0 spiro atoms. The molecule has 21 heavy (non-hydrogen) atoms. The summed E-state index contributed by atoms with van der Waals surface area (Å²) in [6.45, 7) is 3.96. The Morgan fingerprint density at radius 2 is 1.71 bits per heavy atom. The molecule has 0 saturated carbocycles. The zero-order valence-electron chi connectivity index (χ0n) is 12.3. The van der Waals surface area contributed by atoms with E-state index < -0.39 is 0 Å². The number of nitrogens with one attached hydrogen (secondary N) is 1. The number of hydrogen-bond donors (Lipinski definition) is 1. The summed E-state index contributed by atoms with van der Waals surface area (Å²) in [4.78, 5) is 2.30. The number of likely N-dealkylation sites (N-methyl/N-ethyl adjacent to an activating group) is 1. The number of nitrogens with zero attached hydrogens (tertiary/aromatic N) is 1. The summed E-state index contributed by atoms with van der Waals surface area (Å²) in [5, 5.41) is 4.89. The molecule has 0 aromatic heterocycles. The molecule has 4 heteroatoms. The van der Waals surface area contributed by atoms with Crippen LogP contribution in [0.2, 0.25) is 10.0 Å². The Balaban J connectivity index is 1.85. The molecule has 1 unspecified atom stereocenters. The zero-order chi connectivity index (χ0) is 15.2. The van der Waals surface area contributed by atoms with Crippen LogP contribution in [0.3, 0.4) is 0 Å². The van der Waals surface area contributed by atoms with Crippen molar-refractivity contribution < 1.29 is 0 Å². The highest BCUT2D eigenvalue weighted by Crippen LogP contribution is 2.22. The first kappa shape index (κ1) is 16.2. The Hall–Kier alpha value is -1.22. The van der Waals surface area contributed by atoms with Gasteiger partial charge in [0.15, 0.2) is 0 Å². The number of benzene rings is 2. The number of halogens is 2. The molecule has 0 aliphatic rings. The van der Waals surface area contributed by atoms with Crippen LogP contribution in [-0.4, -0.2) is 25.0 Å². The summed E-state index contributed by atoms with van der Waals surface area (Å²) in [6, 6.07) is 16.2. The summed E-state index contributed by atoms with van der Waals surface area (Å²) in [5.41, 5.74) is 2.24. The van der Waals surface area contributed by atoms with Gasteiger partial charge in [-0.05, 0) is 43.8 Å². The molecule has 2 aromatic rings. The minimum absolute atomic E-state index is 0.343. The molecule has 0 radical (unpaired) electrons. The third-order valence-electron chi connectivity index (χ3n) is 3.67. The van der Waals surface area contributed by atoms with Crippen LogP contribution < -0.4 is 5.32 Å². The Morgan fingerprint density at radius 3 is 2.38 bits per heavy atom. The van der Waals surface area contributed by atoms with Gasteiger partial charge in [-0.2, -0.15) is 0 Å². The quantitative estimate of drug-likeness (QED) is 0.796. The SMILES string of the molecule is CC(c1ccc(Cl)cc1)N(C)CCNc1ccccc1Cl. The highest BCUT2D eigenvalue weighted by molar-refractivity contribution is 6.33. The molecule has 0 amide bonds. The molecular weight excluding hydrogens is 303 g/mol. The van der Waals surface area contributed by atoms with Gasteiger partial charge in [-0.25, -0.2) is 0 Å². The molecule has 0 fully saturated rings. The Labute approximate surface area is 136 Å². The molecule has 112 valence electrons. The van der Waals surface area contributed by atoms with Gasteiger partial charge in [0.1, 0.15) is 0 Å². The molecule has 2 nitrogen and oxygen atoms in total. The van der Waals surface area contributed by atoms with Gasteiger partial charge < -0.3 is 5.32 Å². The van der Waals surface area contributed by atoms with Crippen molar-refractivity contribution in [2.75, 3.05) is 25.5 Å². The second kappa shape index (κ2) is 7.69. The van der Waals surface area contributed by atoms with E-state index in [1.807, 2.05) is 36.4 Å². The van der Waals surface area contributed by atoms with Crippen molar-refractivity contribution in [1.82, 2.24) is 4.90 Å². The lowest BCUT2D eigenvalue weighted by Crippen LogP contribution is -2.28. The van der Waals surface area contributed by atoms with Crippen LogP contribution >= 0.6 is 23.2 Å². The number of hydrogen-bond acceptors (Lipinski definition) is 2. The fourth-order valence-electron chi connectivity index (χ4n) is 2.16. The number of rotatable bonds is 6. The van der Waals surface area contributed by atoms with Crippen LogP contribution in [0.4, 0.5) is 5.69 Å². The molecule has 2 aromatic carbocycles. The van der Waals surface area contributed by atoms with E-state index >= 15 is 0 Å². The van der Waals surface area contributed by atoms with Crippen LogP contribution in [0.5, 0.6) is 0 Å². The standard InChI is InChI=1S/C17H20Cl2N2/c1-13(14-7-9-15(18)10-8-14)21(2)12-11-20-17-6-4-3-5-16(17)19/h3-10,13,20H,11-12H2,1-2H3. The molecule has 1 atom stereocenters. The van der Waals surface area contributed by atoms with Crippen LogP contribution in [-0.2, 0) is 0 Å². The van der Waals surface area contributed by atoms with Crippen molar-refractivity contribution in [3.05, 3.63) is 64.1 Å². The third kappa shape index (κ3) is 4.63. The van der Waals surface area contributed by atoms with Crippen LogP contribution in [0.25, 0.3) is 0 Å². The first-order valence-electron chi connectivity index (χ1n) is 7.02. The Kier molecular flexibility index (Phi) is 5.92. The van der Waals surface area contributed by atoms with Gasteiger partial charge in [0, 0.05) is 24.2 Å². The number of anilines is 1. The first-order valence-corrected chi connectivity index (χ1v) is 7.77. The van der Waals surface area contributed by atoms with E-state index in [1.165, 1.54) is 5.56 Å². The van der Waals surface area contributed by atoms with E-state index in [2.05, 4.69) is 36.3 Å². The van der Waals surface area contributed by atoms with E-state index in [4.69, 9.17) is 23.2 Å². The predicted octanol–water partition coefficient (Wildman–Crippen LogP) is 5.10. The maximum atomic E-state index is 6.12.